The van der Waals surface area contributed by atoms with Gasteiger partial charge in [-0.25, -0.2) is 13.4 Å². The van der Waals surface area contributed by atoms with Crippen LogP contribution in [0.4, 0.5) is 5.69 Å². The molecule has 1 aromatic heterocycles. The second-order valence-electron chi connectivity index (χ2n) is 6.69. The Morgan fingerprint density at radius 3 is 2.48 bits per heavy atom. The smallest absolute Gasteiger partial charge is 0.255 e. The number of carbonyl (C=O) groups is 1. The molecule has 1 amide bonds. The number of aromatic hydroxyl groups is 1. The topological polar surface area (TPSA) is 113 Å². The number of phenolic OH excluding ortho intramolecular Hbond substituents is 1. The maximum Gasteiger partial charge on any atom is 0.255 e. The van der Waals surface area contributed by atoms with Gasteiger partial charge < -0.3 is 14.8 Å². The molecule has 1 aliphatic heterocycles. The van der Waals surface area contributed by atoms with E-state index >= 15 is 0 Å². The highest BCUT2D eigenvalue weighted by Gasteiger charge is 2.28. The second kappa shape index (κ2) is 7.69. The molecule has 150 valence electrons. The molecular weight excluding hydrogens is 394 g/mol. The van der Waals surface area contributed by atoms with E-state index in [0.717, 1.165) is 18.4 Å². The van der Waals surface area contributed by atoms with Crippen molar-refractivity contribution >= 4 is 21.6 Å². The van der Waals surface area contributed by atoms with Crippen LogP contribution >= 0.6 is 0 Å². The molecule has 0 unspecified atom stereocenters. The number of benzene rings is 2. The molecular formula is C20H19N3O5S. The van der Waals surface area contributed by atoms with Crippen LogP contribution in [0.1, 0.15) is 23.2 Å². The van der Waals surface area contributed by atoms with E-state index in [1.54, 1.807) is 30.5 Å². The number of nitrogens with zero attached hydrogens (tertiary/aromatic N) is 2. The molecule has 2 N–H and O–H groups in total. The third-order valence-corrected chi connectivity index (χ3v) is 6.68. The number of aromatic nitrogens is 1. The van der Waals surface area contributed by atoms with Crippen LogP contribution in [-0.2, 0) is 10.0 Å². The molecule has 1 fully saturated rings. The first kappa shape index (κ1) is 19.2. The fourth-order valence-corrected chi connectivity index (χ4v) is 4.74. The minimum Gasteiger partial charge on any atom is -0.506 e. The predicted octanol–water partition coefficient (Wildman–Crippen LogP) is 3.08. The zero-order valence-corrected chi connectivity index (χ0v) is 16.2. The average molecular weight is 413 g/mol. The summed E-state index contributed by atoms with van der Waals surface area (Å²) in [7, 11) is -3.65. The van der Waals surface area contributed by atoms with E-state index in [2.05, 4.69) is 10.3 Å². The summed E-state index contributed by atoms with van der Waals surface area (Å²) in [5.41, 5.74) is 1.15. The van der Waals surface area contributed by atoms with Crippen molar-refractivity contribution in [2.45, 2.75) is 17.7 Å². The Kier molecular flexibility index (Phi) is 5.08. The van der Waals surface area contributed by atoms with Gasteiger partial charge in [-0.05, 0) is 43.2 Å². The van der Waals surface area contributed by atoms with Crippen LogP contribution in [0.25, 0.3) is 11.3 Å². The minimum atomic E-state index is -3.65. The van der Waals surface area contributed by atoms with E-state index < -0.39 is 15.9 Å². The van der Waals surface area contributed by atoms with Crippen molar-refractivity contribution in [2.75, 3.05) is 18.4 Å². The molecule has 4 rings (SSSR count). The molecule has 29 heavy (non-hydrogen) atoms. The first-order chi connectivity index (χ1) is 13.9. The van der Waals surface area contributed by atoms with Gasteiger partial charge in [0.25, 0.3) is 5.91 Å². The molecule has 0 bridgehead atoms. The van der Waals surface area contributed by atoms with Crippen LogP contribution in [-0.4, -0.2) is 41.8 Å². The Labute approximate surface area is 167 Å². The van der Waals surface area contributed by atoms with E-state index in [-0.39, 0.29) is 16.3 Å². The zero-order valence-electron chi connectivity index (χ0n) is 15.4. The third kappa shape index (κ3) is 3.87. The Bertz CT molecular complexity index is 1120. The molecule has 0 aliphatic carbocycles. The monoisotopic (exact) mass is 413 g/mol. The molecule has 1 saturated heterocycles. The summed E-state index contributed by atoms with van der Waals surface area (Å²) in [6.45, 7) is 0.949. The second-order valence-corrected chi connectivity index (χ2v) is 8.63. The van der Waals surface area contributed by atoms with Gasteiger partial charge in [-0.3, -0.25) is 4.79 Å². The van der Waals surface area contributed by atoms with Crippen molar-refractivity contribution in [1.29, 1.82) is 0 Å². The first-order valence-electron chi connectivity index (χ1n) is 9.08. The summed E-state index contributed by atoms with van der Waals surface area (Å²) >= 11 is 0. The highest BCUT2D eigenvalue weighted by Crippen LogP contribution is 2.30. The van der Waals surface area contributed by atoms with Crippen LogP contribution in [0.3, 0.4) is 0 Å². The van der Waals surface area contributed by atoms with E-state index in [0.29, 0.717) is 24.4 Å². The molecule has 8 nitrogen and oxygen atoms in total. The number of hydrogen-bond acceptors (Lipinski definition) is 6. The van der Waals surface area contributed by atoms with Gasteiger partial charge in [-0.2, -0.15) is 4.31 Å². The average Bonchev–Trinajstić information content (AvgIpc) is 3.44. The number of carbonyl (C=O) groups excluding carboxylic acids is 1. The molecule has 0 saturated carbocycles. The lowest BCUT2D eigenvalue weighted by molar-refractivity contribution is 0.102. The quantitative estimate of drug-likeness (QED) is 0.622. The van der Waals surface area contributed by atoms with Gasteiger partial charge in [0.2, 0.25) is 10.0 Å². The Morgan fingerprint density at radius 1 is 1.10 bits per heavy atom. The van der Waals surface area contributed by atoms with Crippen LogP contribution in [0.15, 0.2) is 64.4 Å². The Morgan fingerprint density at radius 2 is 1.83 bits per heavy atom. The normalized spacial score (nSPS) is 14.8. The van der Waals surface area contributed by atoms with Gasteiger partial charge in [0.05, 0.1) is 16.8 Å². The van der Waals surface area contributed by atoms with Crippen LogP contribution in [0.5, 0.6) is 5.75 Å². The van der Waals surface area contributed by atoms with Gasteiger partial charge in [0, 0.05) is 24.2 Å². The van der Waals surface area contributed by atoms with Gasteiger partial charge >= 0.3 is 0 Å². The lowest BCUT2D eigenvalue weighted by atomic mass is 10.1. The number of nitrogens with one attached hydrogen (secondary N) is 1. The molecule has 9 heteroatoms. The fourth-order valence-electron chi connectivity index (χ4n) is 3.19. The summed E-state index contributed by atoms with van der Waals surface area (Å²) in [6.07, 6.45) is 4.54. The van der Waals surface area contributed by atoms with Crippen LogP contribution in [0.2, 0.25) is 0 Å². The molecule has 0 spiro atoms. The van der Waals surface area contributed by atoms with Crippen molar-refractivity contribution < 1.29 is 22.7 Å². The standard InChI is InChI=1S/C20H19N3O5S/c24-18-8-7-16(29(26,27)23-9-1-2-10-23)11-17(18)22-20(25)15-5-3-14(4-6-15)19-12-21-13-28-19/h3-8,11-13,24H,1-2,9-10H2,(H,22,25). The van der Waals surface area contributed by atoms with Crippen LogP contribution < -0.4 is 5.32 Å². The third-order valence-electron chi connectivity index (χ3n) is 4.78. The number of amides is 1. The van der Waals surface area contributed by atoms with E-state index in [1.165, 1.54) is 28.9 Å². The number of hydrogen-bond donors (Lipinski definition) is 2. The number of rotatable bonds is 5. The highest BCUT2D eigenvalue weighted by atomic mass is 32.2. The predicted molar refractivity (Wildman–Crippen MR) is 106 cm³/mol. The van der Waals surface area contributed by atoms with Gasteiger partial charge in [0.15, 0.2) is 12.2 Å². The SMILES string of the molecule is O=C(Nc1cc(S(=O)(=O)N2CCCC2)ccc1O)c1ccc(-c2cnco2)cc1. The van der Waals surface area contributed by atoms with E-state index in [1.807, 2.05) is 0 Å². The largest absolute Gasteiger partial charge is 0.506 e. The van der Waals surface area contributed by atoms with Crippen molar-refractivity contribution in [3.05, 3.63) is 60.6 Å². The zero-order chi connectivity index (χ0) is 20.4. The summed E-state index contributed by atoms with van der Waals surface area (Å²) in [4.78, 5) is 16.5. The summed E-state index contributed by atoms with van der Waals surface area (Å²) in [6, 6.07) is 10.5. The van der Waals surface area contributed by atoms with Gasteiger partial charge in [0.1, 0.15) is 5.75 Å². The molecule has 0 radical (unpaired) electrons. The molecule has 0 atom stereocenters. The molecule has 1 aliphatic rings. The summed E-state index contributed by atoms with van der Waals surface area (Å²) < 4.78 is 32.1. The molecule has 2 aromatic carbocycles. The number of sulfonamides is 1. The summed E-state index contributed by atoms with van der Waals surface area (Å²) in [5, 5.41) is 12.7. The number of phenols is 1. The fraction of sp³-hybridized carbons (Fsp3) is 0.200. The van der Waals surface area contributed by atoms with Crippen molar-refractivity contribution in [3.63, 3.8) is 0 Å². The lowest BCUT2D eigenvalue weighted by Crippen LogP contribution is -2.28. The van der Waals surface area contributed by atoms with Gasteiger partial charge in [-0.15, -0.1) is 0 Å². The Hall–Kier alpha value is -3.17. The maximum atomic E-state index is 12.7. The molecule has 3 aromatic rings. The van der Waals surface area contributed by atoms with Crippen molar-refractivity contribution in [3.8, 4) is 17.1 Å². The lowest BCUT2D eigenvalue weighted by Gasteiger charge is -2.16. The Balaban J connectivity index is 1.55. The van der Waals surface area contributed by atoms with Crippen molar-refractivity contribution in [2.24, 2.45) is 0 Å². The summed E-state index contributed by atoms with van der Waals surface area (Å²) in [5.74, 6) is -0.105. The highest BCUT2D eigenvalue weighted by molar-refractivity contribution is 7.89. The number of anilines is 1. The van der Waals surface area contributed by atoms with E-state index in [9.17, 15) is 18.3 Å². The van der Waals surface area contributed by atoms with Crippen LogP contribution in [0, 0.1) is 0 Å². The number of oxazole rings is 1. The molecule has 2 heterocycles. The van der Waals surface area contributed by atoms with E-state index in [4.69, 9.17) is 4.42 Å². The first-order valence-corrected chi connectivity index (χ1v) is 10.5. The van der Waals surface area contributed by atoms with Crippen molar-refractivity contribution in [1.82, 2.24) is 9.29 Å². The maximum absolute atomic E-state index is 12.7. The minimum absolute atomic E-state index is 0.0353. The van der Waals surface area contributed by atoms with Gasteiger partial charge in [-0.1, -0.05) is 12.1 Å².